The van der Waals surface area contributed by atoms with Gasteiger partial charge in [-0.05, 0) is 11.1 Å². The Hall–Kier alpha value is -3.88. The quantitative estimate of drug-likeness (QED) is 0.497. The molecule has 0 bridgehead atoms. The van der Waals surface area contributed by atoms with Gasteiger partial charge in [-0.3, -0.25) is 14.4 Å². The van der Waals surface area contributed by atoms with Gasteiger partial charge in [-0.15, -0.1) is 0 Å². The van der Waals surface area contributed by atoms with Gasteiger partial charge in [0.05, 0.1) is 6.54 Å². The van der Waals surface area contributed by atoms with E-state index in [0.717, 1.165) is 11.1 Å². The van der Waals surface area contributed by atoms with Gasteiger partial charge in [0.2, 0.25) is 11.8 Å². The molecule has 0 aliphatic heterocycles. The smallest absolute Gasteiger partial charge is 0.407 e. The number of alkyl carbamates (subject to hydrolysis) is 1. The Morgan fingerprint density at radius 1 is 0.600 bits per heavy atom. The van der Waals surface area contributed by atoms with Crippen LogP contribution < -0.4 is 16.0 Å². The van der Waals surface area contributed by atoms with Crippen molar-refractivity contribution in [3.63, 3.8) is 0 Å². The van der Waals surface area contributed by atoms with E-state index in [0.29, 0.717) is 0 Å². The van der Waals surface area contributed by atoms with E-state index in [-0.39, 0.29) is 32.8 Å². The second-order valence-corrected chi connectivity index (χ2v) is 6.12. The van der Waals surface area contributed by atoms with Crippen LogP contribution >= 0.6 is 0 Å². The standard InChI is InChI=1S/C21H23N3O6/c25-18(23-13-20(27)29-14-16-7-3-1-4-8-16)11-22-19(26)12-24-21(28)30-15-17-9-5-2-6-10-17/h1-10H,11-15H2,(H,22,26)(H,23,25)(H,24,28). The topological polar surface area (TPSA) is 123 Å². The SMILES string of the molecule is O=C(CNC(=O)CNC(=O)OCc1ccccc1)NCC(=O)OCc1ccccc1. The number of nitrogens with one attached hydrogen (secondary N) is 3. The van der Waals surface area contributed by atoms with Crippen molar-refractivity contribution in [2.24, 2.45) is 0 Å². The summed E-state index contributed by atoms with van der Waals surface area (Å²) in [4.78, 5) is 46.5. The normalized spacial score (nSPS) is 9.87. The predicted octanol–water partition coefficient (Wildman–Crippen LogP) is 0.889. The highest BCUT2D eigenvalue weighted by Gasteiger charge is 2.10. The number of hydrogen-bond donors (Lipinski definition) is 3. The lowest BCUT2D eigenvalue weighted by Crippen LogP contribution is -2.43. The van der Waals surface area contributed by atoms with Crippen LogP contribution in [0.2, 0.25) is 0 Å². The van der Waals surface area contributed by atoms with Gasteiger partial charge >= 0.3 is 12.1 Å². The van der Waals surface area contributed by atoms with Gasteiger partial charge in [0, 0.05) is 0 Å². The van der Waals surface area contributed by atoms with Crippen molar-refractivity contribution in [1.82, 2.24) is 16.0 Å². The molecule has 0 saturated carbocycles. The Kier molecular flexibility index (Phi) is 9.38. The number of hydrogen-bond acceptors (Lipinski definition) is 6. The molecular weight excluding hydrogens is 390 g/mol. The van der Waals surface area contributed by atoms with Crippen LogP contribution in [0.5, 0.6) is 0 Å². The van der Waals surface area contributed by atoms with E-state index in [1.54, 1.807) is 12.1 Å². The van der Waals surface area contributed by atoms with Crippen molar-refractivity contribution < 1.29 is 28.7 Å². The third-order valence-electron chi connectivity index (χ3n) is 3.72. The summed E-state index contributed by atoms with van der Waals surface area (Å²) in [6, 6.07) is 18.2. The molecule has 0 saturated heterocycles. The summed E-state index contributed by atoms with van der Waals surface area (Å²) >= 11 is 0. The Bertz CT molecular complexity index is 771. The Balaban J connectivity index is 1.52. The van der Waals surface area contributed by atoms with Gasteiger partial charge in [-0.1, -0.05) is 60.7 Å². The van der Waals surface area contributed by atoms with Crippen LogP contribution in [0.4, 0.5) is 4.79 Å². The van der Waals surface area contributed by atoms with Gasteiger partial charge in [0.25, 0.3) is 0 Å². The van der Waals surface area contributed by atoms with Crippen molar-refractivity contribution in [2.45, 2.75) is 13.2 Å². The predicted molar refractivity (Wildman–Crippen MR) is 107 cm³/mol. The first-order chi connectivity index (χ1) is 14.5. The first kappa shape index (κ1) is 22.4. The molecule has 0 aliphatic rings. The maximum Gasteiger partial charge on any atom is 0.407 e. The molecule has 30 heavy (non-hydrogen) atoms. The van der Waals surface area contributed by atoms with E-state index in [2.05, 4.69) is 16.0 Å². The van der Waals surface area contributed by atoms with Crippen LogP contribution in [0.1, 0.15) is 11.1 Å². The molecule has 0 unspecified atom stereocenters. The van der Waals surface area contributed by atoms with Gasteiger partial charge in [0.1, 0.15) is 26.3 Å². The molecule has 3 N–H and O–H groups in total. The first-order valence-electron chi connectivity index (χ1n) is 9.20. The second kappa shape index (κ2) is 12.6. The maximum atomic E-state index is 11.7. The number of rotatable bonds is 10. The highest BCUT2D eigenvalue weighted by molar-refractivity contribution is 5.88. The fraction of sp³-hybridized carbons (Fsp3) is 0.238. The number of esters is 1. The number of amides is 3. The fourth-order valence-electron chi connectivity index (χ4n) is 2.19. The van der Waals surface area contributed by atoms with Crippen LogP contribution in [0.25, 0.3) is 0 Å². The Morgan fingerprint density at radius 3 is 1.63 bits per heavy atom. The third-order valence-corrected chi connectivity index (χ3v) is 3.72. The van der Waals surface area contributed by atoms with Crippen LogP contribution in [0, 0.1) is 0 Å². The Labute approximate surface area is 173 Å². The molecule has 2 rings (SSSR count). The molecule has 0 aliphatic carbocycles. The summed E-state index contributed by atoms with van der Waals surface area (Å²) in [7, 11) is 0. The van der Waals surface area contributed by atoms with Gasteiger partial charge < -0.3 is 25.4 Å². The molecule has 9 nitrogen and oxygen atoms in total. The monoisotopic (exact) mass is 413 g/mol. The minimum atomic E-state index is -0.750. The average Bonchev–Trinajstić information content (AvgIpc) is 2.78. The van der Waals surface area contributed by atoms with E-state index >= 15 is 0 Å². The van der Waals surface area contributed by atoms with Crippen molar-refractivity contribution >= 4 is 23.9 Å². The van der Waals surface area contributed by atoms with Crippen LogP contribution in [0.3, 0.4) is 0 Å². The summed E-state index contributed by atoms with van der Waals surface area (Å²) in [5, 5.41) is 6.94. The number of carbonyl (C=O) groups is 4. The van der Waals surface area contributed by atoms with E-state index < -0.39 is 23.9 Å². The summed E-state index contributed by atoms with van der Waals surface area (Å²) in [5.41, 5.74) is 1.65. The lowest BCUT2D eigenvalue weighted by atomic mass is 10.2. The molecule has 158 valence electrons. The summed E-state index contributed by atoms with van der Waals surface area (Å²) in [5.74, 6) is -1.73. The second-order valence-electron chi connectivity index (χ2n) is 6.12. The summed E-state index contributed by atoms with van der Waals surface area (Å²) in [6.07, 6.45) is -0.750. The molecule has 2 aromatic carbocycles. The van der Waals surface area contributed by atoms with Crippen LogP contribution in [0.15, 0.2) is 60.7 Å². The first-order valence-corrected chi connectivity index (χ1v) is 9.20. The summed E-state index contributed by atoms with van der Waals surface area (Å²) < 4.78 is 9.98. The van der Waals surface area contributed by atoms with E-state index in [9.17, 15) is 19.2 Å². The zero-order valence-electron chi connectivity index (χ0n) is 16.3. The van der Waals surface area contributed by atoms with Gasteiger partial charge in [-0.25, -0.2) is 4.79 Å². The molecule has 2 aromatic rings. The van der Waals surface area contributed by atoms with Gasteiger partial charge in [0.15, 0.2) is 0 Å². The van der Waals surface area contributed by atoms with E-state index in [1.165, 1.54) is 0 Å². The highest BCUT2D eigenvalue weighted by atomic mass is 16.5. The zero-order chi connectivity index (χ0) is 21.6. The van der Waals surface area contributed by atoms with Crippen molar-refractivity contribution in [2.75, 3.05) is 19.6 Å². The lowest BCUT2D eigenvalue weighted by molar-refractivity contribution is -0.145. The minimum absolute atomic E-state index is 0.0804. The number of ether oxygens (including phenoxy) is 2. The maximum absolute atomic E-state index is 11.7. The summed E-state index contributed by atoms with van der Waals surface area (Å²) in [6.45, 7) is -0.813. The van der Waals surface area contributed by atoms with E-state index in [4.69, 9.17) is 9.47 Å². The molecular formula is C21H23N3O6. The van der Waals surface area contributed by atoms with E-state index in [1.807, 2.05) is 48.5 Å². The number of benzene rings is 2. The van der Waals surface area contributed by atoms with Gasteiger partial charge in [-0.2, -0.15) is 0 Å². The van der Waals surface area contributed by atoms with Crippen molar-refractivity contribution in [3.8, 4) is 0 Å². The lowest BCUT2D eigenvalue weighted by Gasteiger charge is -2.09. The van der Waals surface area contributed by atoms with Crippen LogP contribution in [-0.2, 0) is 37.1 Å². The third kappa shape index (κ3) is 9.36. The van der Waals surface area contributed by atoms with Crippen LogP contribution in [-0.4, -0.2) is 43.5 Å². The largest absolute Gasteiger partial charge is 0.460 e. The average molecular weight is 413 g/mol. The molecule has 0 atom stereocenters. The molecule has 9 heteroatoms. The Morgan fingerprint density at radius 2 is 1.07 bits per heavy atom. The molecule has 0 heterocycles. The van der Waals surface area contributed by atoms with Crippen molar-refractivity contribution in [1.29, 1.82) is 0 Å². The fourth-order valence-corrected chi connectivity index (χ4v) is 2.19. The minimum Gasteiger partial charge on any atom is -0.460 e. The molecule has 0 fully saturated rings. The molecule has 0 radical (unpaired) electrons. The zero-order valence-corrected chi connectivity index (χ0v) is 16.3. The number of carbonyl (C=O) groups excluding carboxylic acids is 4. The van der Waals surface area contributed by atoms with Crippen molar-refractivity contribution in [3.05, 3.63) is 71.8 Å². The highest BCUT2D eigenvalue weighted by Crippen LogP contribution is 2.01. The molecule has 0 spiro atoms. The molecule has 0 aromatic heterocycles. The molecule has 3 amide bonds.